The van der Waals surface area contributed by atoms with Gasteiger partial charge in [0.25, 0.3) is 5.91 Å². The van der Waals surface area contributed by atoms with E-state index in [9.17, 15) is 9.59 Å². The van der Waals surface area contributed by atoms with E-state index in [1.807, 2.05) is 30.5 Å². The Kier molecular flexibility index (Phi) is 3.57. The molecule has 1 fully saturated rings. The van der Waals surface area contributed by atoms with Gasteiger partial charge in [0, 0.05) is 36.6 Å². The number of piperidine rings is 1. The van der Waals surface area contributed by atoms with Crippen molar-refractivity contribution in [3.8, 4) is 0 Å². The van der Waals surface area contributed by atoms with Crippen LogP contribution in [0.15, 0.2) is 16.7 Å². The van der Waals surface area contributed by atoms with Crippen LogP contribution < -0.4 is 0 Å². The van der Waals surface area contributed by atoms with Crippen LogP contribution in [0, 0.1) is 13.8 Å². The van der Waals surface area contributed by atoms with Gasteiger partial charge in [0.15, 0.2) is 0 Å². The quantitative estimate of drug-likeness (QED) is 0.794. The van der Waals surface area contributed by atoms with Crippen LogP contribution in [0.5, 0.6) is 0 Å². The van der Waals surface area contributed by atoms with E-state index in [1.165, 1.54) is 0 Å². The van der Waals surface area contributed by atoms with E-state index < -0.39 is 0 Å². The predicted octanol–water partition coefficient (Wildman–Crippen LogP) is 2.52. The fourth-order valence-corrected chi connectivity index (χ4v) is 3.30. The van der Waals surface area contributed by atoms with Crippen LogP contribution >= 0.6 is 15.9 Å². The van der Waals surface area contributed by atoms with Gasteiger partial charge in [-0.1, -0.05) is 0 Å². The van der Waals surface area contributed by atoms with E-state index in [1.54, 1.807) is 4.90 Å². The van der Waals surface area contributed by atoms with Gasteiger partial charge in [-0.25, -0.2) is 4.98 Å². The molecular weight excluding hydrogens is 334 g/mol. The van der Waals surface area contributed by atoms with Crippen LogP contribution in [0.1, 0.15) is 34.6 Å². The Labute approximate surface area is 131 Å². The van der Waals surface area contributed by atoms with Crippen molar-refractivity contribution < 1.29 is 9.59 Å². The first-order chi connectivity index (χ1) is 9.97. The Morgan fingerprint density at radius 1 is 1.29 bits per heavy atom. The van der Waals surface area contributed by atoms with Crippen molar-refractivity contribution in [3.05, 3.63) is 33.7 Å². The molecule has 0 saturated carbocycles. The number of halogens is 1. The minimum absolute atomic E-state index is 0.0509. The van der Waals surface area contributed by atoms with Crippen molar-refractivity contribution in [2.45, 2.75) is 26.7 Å². The second-order valence-corrected chi connectivity index (χ2v) is 6.33. The number of aryl methyl sites for hydroxylation is 2. The molecule has 6 heteroatoms. The van der Waals surface area contributed by atoms with Crippen LogP contribution in [-0.2, 0) is 4.79 Å². The van der Waals surface area contributed by atoms with Crippen molar-refractivity contribution in [1.82, 2.24) is 14.3 Å². The SMILES string of the molecule is Cc1nc2c(C)cc(Br)cn2c1C(=O)N1CCC(=O)CC1. The molecule has 0 atom stereocenters. The third-order valence-electron chi connectivity index (χ3n) is 3.86. The topological polar surface area (TPSA) is 54.7 Å². The Hall–Kier alpha value is -1.69. The maximum atomic E-state index is 12.8. The van der Waals surface area contributed by atoms with Gasteiger partial charge in [-0.05, 0) is 41.4 Å². The molecule has 0 spiro atoms. The molecular formula is C15H16BrN3O2. The lowest BCUT2D eigenvalue weighted by Gasteiger charge is -2.26. The summed E-state index contributed by atoms with van der Waals surface area (Å²) in [6, 6.07) is 1.98. The number of likely N-dealkylation sites (tertiary alicyclic amines) is 1. The number of carbonyl (C=O) groups is 2. The fourth-order valence-electron chi connectivity index (χ4n) is 2.75. The molecule has 0 aromatic carbocycles. The average molecular weight is 350 g/mol. The summed E-state index contributed by atoms with van der Waals surface area (Å²) >= 11 is 3.46. The predicted molar refractivity (Wildman–Crippen MR) is 82.5 cm³/mol. The minimum atomic E-state index is -0.0509. The summed E-state index contributed by atoms with van der Waals surface area (Å²) in [5.41, 5.74) is 3.12. The van der Waals surface area contributed by atoms with E-state index in [0.29, 0.717) is 31.6 Å². The average Bonchev–Trinajstić information content (AvgIpc) is 2.75. The van der Waals surface area contributed by atoms with Gasteiger partial charge in [-0.15, -0.1) is 0 Å². The van der Waals surface area contributed by atoms with Gasteiger partial charge in [0.2, 0.25) is 0 Å². The van der Waals surface area contributed by atoms with Gasteiger partial charge in [0.05, 0.1) is 5.69 Å². The van der Waals surface area contributed by atoms with Gasteiger partial charge in [-0.3, -0.25) is 14.0 Å². The molecule has 5 nitrogen and oxygen atoms in total. The first kappa shape index (κ1) is 14.3. The van der Waals surface area contributed by atoms with Crippen LogP contribution in [0.4, 0.5) is 0 Å². The maximum Gasteiger partial charge on any atom is 0.272 e. The van der Waals surface area contributed by atoms with E-state index >= 15 is 0 Å². The largest absolute Gasteiger partial charge is 0.336 e. The number of imidazole rings is 1. The molecule has 1 amide bonds. The summed E-state index contributed by atoms with van der Waals surface area (Å²) in [6.45, 7) is 4.82. The Balaban J connectivity index is 2.05. The maximum absolute atomic E-state index is 12.8. The number of aromatic nitrogens is 2. The zero-order valence-electron chi connectivity index (χ0n) is 12.0. The lowest BCUT2D eigenvalue weighted by Crippen LogP contribution is -2.39. The first-order valence-electron chi connectivity index (χ1n) is 6.93. The Morgan fingerprint density at radius 3 is 2.62 bits per heavy atom. The molecule has 0 radical (unpaired) electrons. The van der Waals surface area contributed by atoms with Gasteiger partial charge < -0.3 is 4.90 Å². The number of hydrogen-bond acceptors (Lipinski definition) is 3. The number of pyridine rings is 1. The molecule has 3 rings (SSSR count). The molecule has 1 aliphatic rings. The zero-order valence-corrected chi connectivity index (χ0v) is 13.6. The zero-order chi connectivity index (χ0) is 15.1. The minimum Gasteiger partial charge on any atom is -0.336 e. The molecule has 21 heavy (non-hydrogen) atoms. The van der Waals surface area contributed by atoms with E-state index in [-0.39, 0.29) is 11.7 Å². The van der Waals surface area contributed by atoms with Crippen molar-refractivity contribution >= 4 is 33.3 Å². The number of rotatable bonds is 1. The smallest absolute Gasteiger partial charge is 0.272 e. The van der Waals surface area contributed by atoms with Gasteiger partial charge in [-0.2, -0.15) is 0 Å². The first-order valence-corrected chi connectivity index (χ1v) is 7.72. The number of carbonyl (C=O) groups excluding carboxylic acids is 2. The number of ketones is 1. The van der Waals surface area contributed by atoms with Crippen LogP contribution in [0.3, 0.4) is 0 Å². The van der Waals surface area contributed by atoms with Crippen molar-refractivity contribution in [3.63, 3.8) is 0 Å². The normalized spacial score (nSPS) is 15.8. The molecule has 1 saturated heterocycles. The fraction of sp³-hybridized carbons (Fsp3) is 0.400. The molecule has 2 aromatic heterocycles. The van der Waals surface area contributed by atoms with E-state index in [0.717, 1.165) is 21.4 Å². The van der Waals surface area contributed by atoms with Crippen molar-refractivity contribution in [2.75, 3.05) is 13.1 Å². The number of amides is 1. The number of hydrogen-bond donors (Lipinski definition) is 0. The summed E-state index contributed by atoms with van der Waals surface area (Å²) in [6.07, 6.45) is 2.76. The summed E-state index contributed by atoms with van der Waals surface area (Å²) in [5, 5.41) is 0. The van der Waals surface area contributed by atoms with Crippen LogP contribution in [0.25, 0.3) is 5.65 Å². The summed E-state index contributed by atoms with van der Waals surface area (Å²) in [7, 11) is 0. The second kappa shape index (κ2) is 5.26. The lowest BCUT2D eigenvalue weighted by molar-refractivity contribution is -0.120. The van der Waals surface area contributed by atoms with E-state index in [2.05, 4.69) is 20.9 Å². The third-order valence-corrected chi connectivity index (χ3v) is 4.29. The van der Waals surface area contributed by atoms with Gasteiger partial charge >= 0.3 is 0 Å². The molecule has 0 unspecified atom stereocenters. The molecule has 3 heterocycles. The van der Waals surface area contributed by atoms with Crippen molar-refractivity contribution in [1.29, 1.82) is 0 Å². The summed E-state index contributed by atoms with van der Waals surface area (Å²) < 4.78 is 2.75. The highest BCUT2D eigenvalue weighted by Crippen LogP contribution is 2.22. The summed E-state index contributed by atoms with van der Waals surface area (Å²) in [4.78, 5) is 30.3. The third kappa shape index (κ3) is 2.48. The van der Waals surface area contributed by atoms with E-state index in [4.69, 9.17) is 0 Å². The number of nitrogens with zero attached hydrogens (tertiary/aromatic N) is 3. The molecule has 2 aromatic rings. The van der Waals surface area contributed by atoms with Crippen LogP contribution in [-0.4, -0.2) is 39.1 Å². The highest BCUT2D eigenvalue weighted by Gasteiger charge is 2.26. The molecule has 0 bridgehead atoms. The number of fused-ring (bicyclic) bond motifs is 1. The molecule has 0 N–H and O–H groups in total. The van der Waals surface area contributed by atoms with Crippen molar-refractivity contribution in [2.24, 2.45) is 0 Å². The monoisotopic (exact) mass is 349 g/mol. The molecule has 1 aliphatic heterocycles. The Bertz CT molecular complexity index is 741. The van der Waals surface area contributed by atoms with Gasteiger partial charge in [0.1, 0.15) is 17.1 Å². The summed E-state index contributed by atoms with van der Waals surface area (Å²) in [5.74, 6) is 0.178. The standard InChI is InChI=1S/C15H16BrN3O2/c1-9-7-11(16)8-19-13(10(2)17-14(9)19)15(21)18-5-3-12(20)4-6-18/h7-8H,3-6H2,1-2H3. The Morgan fingerprint density at radius 2 is 1.95 bits per heavy atom. The molecule has 0 aliphatic carbocycles. The lowest BCUT2D eigenvalue weighted by atomic mass is 10.1. The van der Waals surface area contributed by atoms with Crippen LogP contribution in [0.2, 0.25) is 0 Å². The highest BCUT2D eigenvalue weighted by molar-refractivity contribution is 9.10. The highest BCUT2D eigenvalue weighted by atomic mass is 79.9. The molecule has 110 valence electrons. The number of Topliss-reactive ketones (excluding diaryl/α,β-unsaturated/α-hetero) is 1. The second-order valence-electron chi connectivity index (χ2n) is 5.41.